The van der Waals surface area contributed by atoms with Gasteiger partial charge in [-0.25, -0.2) is 4.99 Å². The minimum absolute atomic E-state index is 0.00712. The van der Waals surface area contributed by atoms with E-state index in [1.165, 1.54) is 53.0 Å². The van der Waals surface area contributed by atoms with Gasteiger partial charge in [0.05, 0.1) is 47.3 Å². The second kappa shape index (κ2) is 18.8. The van der Waals surface area contributed by atoms with Crippen LogP contribution in [-0.2, 0) is 30.3 Å². The molecule has 3 aromatic rings. The number of benzene rings is 3. The summed E-state index contributed by atoms with van der Waals surface area (Å²) < 4.78 is 24.3. The summed E-state index contributed by atoms with van der Waals surface area (Å²) in [5.41, 5.74) is 0.419. The summed E-state index contributed by atoms with van der Waals surface area (Å²) in [6.07, 6.45) is 4.24. The average molecular weight is 910 g/mol. The van der Waals surface area contributed by atoms with Crippen molar-refractivity contribution in [3.8, 4) is 23.0 Å². The smallest absolute Gasteiger partial charge is 0.312 e. The van der Waals surface area contributed by atoms with E-state index < -0.39 is 99.5 Å². The number of halogens is 1. The van der Waals surface area contributed by atoms with Gasteiger partial charge in [0, 0.05) is 71.8 Å². The number of hydroxylamine groups is 2. The molecular formula is C45H53BrN2O13. The van der Waals surface area contributed by atoms with Crippen LogP contribution < -0.4 is 15.3 Å². The fourth-order valence-electron chi connectivity index (χ4n) is 7.79. The number of phenols is 3. The largest absolute Gasteiger partial charge is 0.507 e. The first-order valence-corrected chi connectivity index (χ1v) is 20.5. The van der Waals surface area contributed by atoms with Crippen molar-refractivity contribution < 1.29 is 64.1 Å². The number of ether oxygens (including phenoxy) is 4. The molecule has 0 aliphatic carbocycles. The maximum Gasteiger partial charge on any atom is 0.312 e. The highest BCUT2D eigenvalue weighted by Gasteiger charge is 2.49. The Morgan fingerprint density at radius 2 is 1.61 bits per heavy atom. The van der Waals surface area contributed by atoms with Crippen LogP contribution in [0.1, 0.15) is 70.0 Å². The summed E-state index contributed by atoms with van der Waals surface area (Å²) >= 11 is 3.37. The van der Waals surface area contributed by atoms with Crippen LogP contribution in [0, 0.1) is 30.6 Å². The second-order valence-electron chi connectivity index (χ2n) is 15.9. The number of carbonyl (C=O) groups is 3. The van der Waals surface area contributed by atoms with Crippen molar-refractivity contribution in [1.29, 1.82) is 0 Å². The van der Waals surface area contributed by atoms with E-state index in [1.54, 1.807) is 58.0 Å². The zero-order chi connectivity index (χ0) is 45.2. The van der Waals surface area contributed by atoms with Crippen LogP contribution in [0.15, 0.2) is 69.9 Å². The number of aromatic hydroxyl groups is 3. The Labute approximate surface area is 361 Å². The normalized spacial score (nSPS) is 28.8. The molecule has 1 amide bonds. The number of allylic oxidation sites excluding steroid dienone is 2. The predicted octanol–water partition coefficient (Wildman–Crippen LogP) is 5.35. The molecule has 3 heterocycles. The Hall–Kier alpha value is -5.26. The molecule has 5 bridgehead atoms. The van der Waals surface area contributed by atoms with Gasteiger partial charge in [0.15, 0.2) is 5.75 Å². The fourth-order valence-corrected chi connectivity index (χ4v) is 8.05. The van der Waals surface area contributed by atoms with E-state index in [0.717, 1.165) is 16.9 Å². The summed E-state index contributed by atoms with van der Waals surface area (Å²) in [6.45, 7) is 12.1. The molecule has 0 fully saturated rings. The van der Waals surface area contributed by atoms with Crippen molar-refractivity contribution in [2.75, 3.05) is 7.11 Å². The van der Waals surface area contributed by atoms with Crippen molar-refractivity contribution in [3.63, 3.8) is 0 Å². The van der Waals surface area contributed by atoms with Gasteiger partial charge in [-0.3, -0.25) is 24.7 Å². The van der Waals surface area contributed by atoms with Crippen LogP contribution in [0.3, 0.4) is 0 Å². The first kappa shape index (κ1) is 46.8. The lowest BCUT2D eigenvalue weighted by Crippen LogP contribution is -2.46. The average Bonchev–Trinajstić information content (AvgIpc) is 3.48. The van der Waals surface area contributed by atoms with Crippen molar-refractivity contribution in [2.45, 2.75) is 92.1 Å². The third-order valence-electron chi connectivity index (χ3n) is 11.5. The summed E-state index contributed by atoms with van der Waals surface area (Å²) in [7, 11) is 1.42. The van der Waals surface area contributed by atoms with E-state index >= 15 is 0 Å². The topological polar surface area (TPSA) is 225 Å². The van der Waals surface area contributed by atoms with Crippen molar-refractivity contribution in [1.82, 2.24) is 5.06 Å². The van der Waals surface area contributed by atoms with Crippen molar-refractivity contribution in [3.05, 3.63) is 92.1 Å². The lowest BCUT2D eigenvalue weighted by Gasteiger charge is -2.38. The summed E-state index contributed by atoms with van der Waals surface area (Å²) in [6, 6.07) is 6.99. The predicted molar refractivity (Wildman–Crippen MR) is 227 cm³/mol. The van der Waals surface area contributed by atoms with Gasteiger partial charge in [-0.05, 0) is 37.6 Å². The number of carbonyl (C=O) groups excluding carboxylic acids is 3. The van der Waals surface area contributed by atoms with E-state index in [9.17, 15) is 45.1 Å². The maximum atomic E-state index is 14.4. The van der Waals surface area contributed by atoms with E-state index in [-0.39, 0.29) is 39.6 Å². The van der Waals surface area contributed by atoms with Gasteiger partial charge in [0.1, 0.15) is 28.7 Å². The molecule has 3 aromatic carbocycles. The third kappa shape index (κ3) is 9.48. The second-order valence-corrected chi connectivity index (χ2v) is 16.8. The van der Waals surface area contributed by atoms with Gasteiger partial charge in [0.25, 0.3) is 11.7 Å². The van der Waals surface area contributed by atoms with Gasteiger partial charge in [0.2, 0.25) is 0 Å². The van der Waals surface area contributed by atoms with E-state index in [4.69, 9.17) is 18.9 Å². The highest BCUT2D eigenvalue weighted by atomic mass is 79.9. The molecule has 16 heteroatoms. The number of phenolic OH excluding ortho intramolecular Hbond substituents is 3. The third-order valence-corrected chi connectivity index (χ3v) is 12.0. The first-order valence-electron chi connectivity index (χ1n) is 19.7. The summed E-state index contributed by atoms with van der Waals surface area (Å²) in [4.78, 5) is 44.6. The number of hydrogen-bond acceptors (Lipinski definition) is 14. The van der Waals surface area contributed by atoms with Gasteiger partial charge in [-0.2, -0.15) is 0 Å². The molecule has 15 nitrogen and oxygen atoms in total. The molecule has 6 N–H and O–H groups in total. The minimum atomic E-state index is -2.11. The number of fused-ring (bicyclic) bond motifs is 14. The molecule has 0 aromatic heterocycles. The molecule has 3 aliphatic heterocycles. The standard InChI is InChI=1S/C45H53BrN2O13/c1-21-11-10-12-22(2)44(56)47-35-30(20-48(57)19-28-13-15-29(46)16-14-28)39(53)32-33(40(35)54)38(52)26(6)42-34(32)43(55)45(8,61-42)59-18-17-31(58-9)23(3)41(60-27(7)49)25(5)37(51)24(4)36(21)50/h10-18,20-21,23-25,31,36-37,41,50-54,57H,19H2,1-9H3/b11-10+,18-17+,22-12?,30-20-,47-35?. The number of methoxy groups -OCH3 is 1. The molecule has 3 aliphatic rings. The molecular weight excluding hydrogens is 856 g/mol. The van der Waals surface area contributed by atoms with Gasteiger partial charge >= 0.3 is 11.8 Å². The highest BCUT2D eigenvalue weighted by molar-refractivity contribution is 9.10. The molecule has 6 rings (SSSR count). The fraction of sp³-hybridized carbons (Fsp3) is 0.422. The zero-order valence-electron chi connectivity index (χ0n) is 35.4. The van der Waals surface area contributed by atoms with Crippen LogP contribution in [0.2, 0.25) is 0 Å². The molecule has 0 saturated heterocycles. The van der Waals surface area contributed by atoms with Crippen LogP contribution >= 0.6 is 15.9 Å². The SMILES string of the molecule is COC1/C=C/OC2(C)Oc3c(C)c(O)c4c(O)c(/c(=C/N(O)Cc5ccc(Br)cc5)c(O)c4c3C2=O)=NC(=O)C(C)=C/C=C/C(C)C(O)C(C)C(O)C(C)C(OC(C)=O)C1C. The minimum Gasteiger partial charge on any atom is -0.507 e. The van der Waals surface area contributed by atoms with Gasteiger partial charge in [-0.1, -0.05) is 74.0 Å². The van der Waals surface area contributed by atoms with Crippen LogP contribution in [0.25, 0.3) is 17.0 Å². The number of rotatable bonds is 5. The Kier molecular flexibility index (Phi) is 14.4. The molecule has 328 valence electrons. The number of aliphatic hydroxyl groups excluding tert-OH is 2. The molecule has 0 spiro atoms. The quantitative estimate of drug-likeness (QED) is 0.108. The number of Topliss-reactive ketones (excluding diaryl/α,β-unsaturated/α-hetero) is 1. The number of aliphatic hydroxyl groups is 2. The van der Waals surface area contributed by atoms with Crippen LogP contribution in [0.5, 0.6) is 23.0 Å². The molecule has 9 atom stereocenters. The monoisotopic (exact) mass is 908 g/mol. The zero-order valence-corrected chi connectivity index (χ0v) is 37.0. The number of hydrogen-bond donors (Lipinski definition) is 6. The molecule has 9 unspecified atom stereocenters. The molecule has 61 heavy (non-hydrogen) atoms. The summed E-state index contributed by atoms with van der Waals surface area (Å²) in [5, 5.41) is 68.6. The van der Waals surface area contributed by atoms with E-state index in [0.29, 0.717) is 10.6 Å². The van der Waals surface area contributed by atoms with Gasteiger partial charge in [-0.15, -0.1) is 0 Å². The van der Waals surface area contributed by atoms with E-state index in [1.807, 2.05) is 0 Å². The molecule has 0 radical (unpaired) electrons. The number of esters is 1. The van der Waals surface area contributed by atoms with Crippen LogP contribution in [-0.4, -0.2) is 90.8 Å². The van der Waals surface area contributed by atoms with E-state index in [2.05, 4.69) is 20.9 Å². The highest BCUT2D eigenvalue weighted by Crippen LogP contribution is 2.50. The van der Waals surface area contributed by atoms with Crippen molar-refractivity contribution >= 4 is 50.6 Å². The maximum absolute atomic E-state index is 14.4. The van der Waals surface area contributed by atoms with Crippen LogP contribution in [0.4, 0.5) is 0 Å². The lowest BCUT2D eigenvalue weighted by atomic mass is 9.78. The number of nitrogens with zero attached hydrogens (tertiary/aromatic N) is 2. The Bertz CT molecular complexity index is 2410. The first-order chi connectivity index (χ1) is 28.6. The Balaban J connectivity index is 1.77. The molecule has 0 saturated carbocycles. The number of amides is 1. The number of ketones is 1. The Morgan fingerprint density at radius 1 is 0.951 bits per heavy atom. The van der Waals surface area contributed by atoms with Crippen molar-refractivity contribution in [2.24, 2.45) is 28.7 Å². The van der Waals surface area contributed by atoms with Gasteiger partial charge < -0.3 is 44.5 Å². The summed E-state index contributed by atoms with van der Waals surface area (Å²) in [5.74, 6) is -9.29. The lowest BCUT2D eigenvalue weighted by molar-refractivity contribution is -0.160. The Morgan fingerprint density at radius 3 is 2.23 bits per heavy atom.